The van der Waals surface area contributed by atoms with Crippen LogP contribution in [0.5, 0.6) is 0 Å². The van der Waals surface area contributed by atoms with Gasteiger partial charge in [-0.2, -0.15) is 13.2 Å². The molecule has 1 aliphatic rings. The van der Waals surface area contributed by atoms with Crippen LogP contribution in [0.4, 0.5) is 13.2 Å². The molecule has 0 spiro atoms. The molecule has 1 fully saturated rings. The van der Waals surface area contributed by atoms with Crippen LogP contribution in [0.2, 0.25) is 0 Å². The molecule has 2 unspecified atom stereocenters. The monoisotopic (exact) mass is 352 g/mol. The predicted molar refractivity (Wildman–Crippen MR) is 72.3 cm³/mol. The second-order valence-corrected chi connectivity index (χ2v) is 5.82. The summed E-state index contributed by atoms with van der Waals surface area (Å²) in [5.74, 6) is 0. The van der Waals surface area contributed by atoms with E-state index in [4.69, 9.17) is 4.74 Å². The van der Waals surface area contributed by atoms with Gasteiger partial charge in [-0.05, 0) is 49.4 Å². The molecule has 1 aromatic carbocycles. The van der Waals surface area contributed by atoms with E-state index in [-0.39, 0.29) is 11.7 Å². The van der Waals surface area contributed by atoms with Crippen LogP contribution in [0.25, 0.3) is 0 Å². The fourth-order valence-electron chi connectivity index (χ4n) is 2.35. The van der Waals surface area contributed by atoms with Gasteiger partial charge in [-0.1, -0.05) is 15.9 Å². The lowest BCUT2D eigenvalue weighted by Gasteiger charge is -2.17. The van der Waals surface area contributed by atoms with E-state index < -0.39 is 17.8 Å². The number of benzene rings is 1. The van der Waals surface area contributed by atoms with Gasteiger partial charge in [0.15, 0.2) is 0 Å². The second kappa shape index (κ2) is 6.45. The molecule has 2 rings (SSSR count). The average Bonchev–Trinajstić information content (AvgIpc) is 2.88. The van der Waals surface area contributed by atoms with Crippen molar-refractivity contribution in [3.63, 3.8) is 0 Å². The van der Waals surface area contributed by atoms with Crippen LogP contribution in [0.15, 0.2) is 22.7 Å². The van der Waals surface area contributed by atoms with Crippen molar-refractivity contribution in [1.82, 2.24) is 0 Å². The third kappa shape index (κ3) is 3.96. The molecule has 1 heterocycles. The number of hydrogen-bond acceptors (Lipinski definition) is 2. The van der Waals surface area contributed by atoms with Crippen LogP contribution in [0.3, 0.4) is 0 Å². The Balaban J connectivity index is 2.05. The first kappa shape index (κ1) is 15.8. The Labute approximate surface area is 124 Å². The topological polar surface area (TPSA) is 29.5 Å². The minimum absolute atomic E-state index is 0.120. The SMILES string of the molecule is OC(CCC1CCCO1)c1cc(C(F)(F)F)ccc1Br. The van der Waals surface area contributed by atoms with Gasteiger partial charge in [0, 0.05) is 11.1 Å². The van der Waals surface area contributed by atoms with Gasteiger partial charge < -0.3 is 9.84 Å². The Morgan fingerprint density at radius 2 is 2.15 bits per heavy atom. The molecular formula is C14H16BrF3O2. The molecule has 6 heteroatoms. The molecule has 0 radical (unpaired) electrons. The van der Waals surface area contributed by atoms with Crippen LogP contribution < -0.4 is 0 Å². The van der Waals surface area contributed by atoms with Gasteiger partial charge in [-0.3, -0.25) is 0 Å². The number of alkyl halides is 3. The molecule has 1 saturated heterocycles. The van der Waals surface area contributed by atoms with Crippen molar-refractivity contribution in [2.45, 2.75) is 44.1 Å². The number of rotatable bonds is 4. The van der Waals surface area contributed by atoms with Gasteiger partial charge in [-0.25, -0.2) is 0 Å². The molecule has 0 bridgehead atoms. The maximum absolute atomic E-state index is 12.7. The number of aliphatic hydroxyl groups excluding tert-OH is 1. The van der Waals surface area contributed by atoms with E-state index in [1.165, 1.54) is 6.07 Å². The predicted octanol–water partition coefficient (Wildman–Crippen LogP) is 4.46. The summed E-state index contributed by atoms with van der Waals surface area (Å²) in [7, 11) is 0. The van der Waals surface area contributed by atoms with Crippen LogP contribution >= 0.6 is 15.9 Å². The zero-order chi connectivity index (χ0) is 14.8. The largest absolute Gasteiger partial charge is 0.416 e. The molecule has 1 aliphatic heterocycles. The number of hydrogen-bond donors (Lipinski definition) is 1. The van der Waals surface area contributed by atoms with Crippen molar-refractivity contribution >= 4 is 15.9 Å². The van der Waals surface area contributed by atoms with Crippen molar-refractivity contribution in [2.24, 2.45) is 0 Å². The zero-order valence-corrected chi connectivity index (χ0v) is 12.4. The van der Waals surface area contributed by atoms with Gasteiger partial charge in [0.2, 0.25) is 0 Å². The average molecular weight is 353 g/mol. The molecule has 0 saturated carbocycles. The minimum Gasteiger partial charge on any atom is -0.388 e. The van der Waals surface area contributed by atoms with E-state index in [1.54, 1.807) is 0 Å². The number of ether oxygens (including phenoxy) is 1. The van der Waals surface area contributed by atoms with Crippen LogP contribution in [-0.2, 0) is 10.9 Å². The lowest BCUT2D eigenvalue weighted by atomic mass is 10.00. The Hall–Kier alpha value is -0.590. The standard InChI is InChI=1S/C14H16BrF3O2/c15-12-5-3-9(14(16,17)18)8-11(12)13(19)6-4-10-2-1-7-20-10/h3,5,8,10,13,19H,1-2,4,6-7H2. The van der Waals surface area contributed by atoms with Crippen molar-refractivity contribution in [1.29, 1.82) is 0 Å². The summed E-state index contributed by atoms with van der Waals surface area (Å²) in [6.07, 6.45) is -2.19. The fourth-order valence-corrected chi connectivity index (χ4v) is 2.86. The van der Waals surface area contributed by atoms with E-state index >= 15 is 0 Å². The summed E-state index contributed by atoms with van der Waals surface area (Å²) in [4.78, 5) is 0. The first-order chi connectivity index (χ1) is 9.38. The van der Waals surface area contributed by atoms with E-state index in [1.807, 2.05) is 0 Å². The third-order valence-electron chi connectivity index (χ3n) is 3.47. The second-order valence-electron chi connectivity index (χ2n) is 4.96. The van der Waals surface area contributed by atoms with E-state index in [0.717, 1.165) is 31.6 Å². The van der Waals surface area contributed by atoms with E-state index in [9.17, 15) is 18.3 Å². The van der Waals surface area contributed by atoms with Crippen LogP contribution in [-0.4, -0.2) is 17.8 Å². The highest BCUT2D eigenvalue weighted by Gasteiger charge is 2.31. The first-order valence-electron chi connectivity index (χ1n) is 6.54. The lowest BCUT2D eigenvalue weighted by Crippen LogP contribution is -2.10. The normalized spacial score (nSPS) is 21.1. The molecule has 20 heavy (non-hydrogen) atoms. The summed E-state index contributed by atoms with van der Waals surface area (Å²) in [6, 6.07) is 3.33. The Bertz CT molecular complexity index is 456. The molecule has 1 N–H and O–H groups in total. The molecule has 0 aromatic heterocycles. The molecule has 0 amide bonds. The maximum atomic E-state index is 12.7. The maximum Gasteiger partial charge on any atom is 0.416 e. The van der Waals surface area contributed by atoms with Crippen molar-refractivity contribution in [3.05, 3.63) is 33.8 Å². The van der Waals surface area contributed by atoms with Gasteiger partial charge >= 0.3 is 6.18 Å². The summed E-state index contributed by atoms with van der Waals surface area (Å²) >= 11 is 3.19. The summed E-state index contributed by atoms with van der Waals surface area (Å²) < 4.78 is 44.0. The number of halogens is 4. The van der Waals surface area contributed by atoms with E-state index in [0.29, 0.717) is 17.3 Å². The van der Waals surface area contributed by atoms with Crippen LogP contribution in [0.1, 0.15) is 42.9 Å². The summed E-state index contributed by atoms with van der Waals surface area (Å²) in [5, 5.41) is 10.1. The summed E-state index contributed by atoms with van der Waals surface area (Å²) in [6.45, 7) is 0.730. The van der Waals surface area contributed by atoms with Crippen LogP contribution in [0, 0.1) is 0 Å². The van der Waals surface area contributed by atoms with Crippen molar-refractivity contribution in [3.8, 4) is 0 Å². The summed E-state index contributed by atoms with van der Waals surface area (Å²) in [5.41, 5.74) is -0.468. The zero-order valence-electron chi connectivity index (χ0n) is 10.8. The Kier molecular flexibility index (Phi) is 5.09. The molecule has 0 aliphatic carbocycles. The lowest BCUT2D eigenvalue weighted by molar-refractivity contribution is -0.137. The first-order valence-corrected chi connectivity index (χ1v) is 7.33. The smallest absolute Gasteiger partial charge is 0.388 e. The van der Waals surface area contributed by atoms with Gasteiger partial charge in [0.05, 0.1) is 17.8 Å². The van der Waals surface area contributed by atoms with Gasteiger partial charge in [0.25, 0.3) is 0 Å². The highest BCUT2D eigenvalue weighted by Crippen LogP contribution is 2.35. The Morgan fingerprint density at radius 3 is 2.75 bits per heavy atom. The molecular weight excluding hydrogens is 337 g/mol. The van der Waals surface area contributed by atoms with Crippen molar-refractivity contribution < 1.29 is 23.0 Å². The molecule has 2 nitrogen and oxygen atoms in total. The van der Waals surface area contributed by atoms with Gasteiger partial charge in [0.1, 0.15) is 0 Å². The highest BCUT2D eigenvalue weighted by molar-refractivity contribution is 9.10. The molecule has 112 valence electrons. The van der Waals surface area contributed by atoms with Crippen molar-refractivity contribution in [2.75, 3.05) is 6.61 Å². The molecule has 2 atom stereocenters. The minimum atomic E-state index is -4.40. The van der Waals surface area contributed by atoms with E-state index in [2.05, 4.69) is 15.9 Å². The fraction of sp³-hybridized carbons (Fsp3) is 0.571. The highest BCUT2D eigenvalue weighted by atomic mass is 79.9. The Morgan fingerprint density at radius 1 is 1.40 bits per heavy atom. The quantitative estimate of drug-likeness (QED) is 0.866. The number of aliphatic hydroxyl groups is 1. The molecule has 1 aromatic rings. The third-order valence-corrected chi connectivity index (χ3v) is 4.19. The van der Waals surface area contributed by atoms with Gasteiger partial charge in [-0.15, -0.1) is 0 Å².